The van der Waals surface area contributed by atoms with E-state index in [0.717, 1.165) is 17.8 Å². The molecular weight excluding hydrogens is 256 g/mol. The molecule has 1 aromatic heterocycles. The molecule has 3 rings (SSSR count). The molecule has 0 saturated carbocycles. The molecule has 2 heteroatoms. The summed E-state index contributed by atoms with van der Waals surface area (Å²) in [6, 6.07) is 21.4. The van der Waals surface area contributed by atoms with Crippen molar-refractivity contribution >= 4 is 10.9 Å². The summed E-state index contributed by atoms with van der Waals surface area (Å²) in [6.07, 6.45) is 0. The highest BCUT2D eigenvalue weighted by Crippen LogP contribution is 2.15. The van der Waals surface area contributed by atoms with E-state index in [1.54, 1.807) is 0 Å². The highest BCUT2D eigenvalue weighted by Gasteiger charge is 2.05. The lowest BCUT2D eigenvalue weighted by Crippen LogP contribution is -2.18. The van der Waals surface area contributed by atoms with Crippen LogP contribution in [0, 0.1) is 6.92 Å². The van der Waals surface area contributed by atoms with Crippen LogP contribution in [-0.2, 0) is 6.54 Å². The smallest absolute Gasteiger partial charge is 0.0705 e. The van der Waals surface area contributed by atoms with Gasteiger partial charge in [0.15, 0.2) is 0 Å². The van der Waals surface area contributed by atoms with Crippen LogP contribution < -0.4 is 5.32 Å². The normalized spacial score (nSPS) is 12.5. The first kappa shape index (κ1) is 13.8. The van der Waals surface area contributed by atoms with Gasteiger partial charge >= 0.3 is 0 Å². The van der Waals surface area contributed by atoms with Crippen molar-refractivity contribution in [1.29, 1.82) is 0 Å². The molecule has 0 amide bonds. The van der Waals surface area contributed by atoms with Crippen molar-refractivity contribution in [2.75, 3.05) is 0 Å². The number of fused-ring (bicyclic) bond motifs is 1. The molecule has 0 radical (unpaired) electrons. The standard InChI is InChI=1S/C19H20N2/c1-14-7-9-16(10-8-14)15(2)20-13-18-12-11-17-5-3-4-6-19(17)21-18/h3-12,15,20H,13H2,1-2H3/t15-/m0/s1. The highest BCUT2D eigenvalue weighted by molar-refractivity contribution is 5.78. The molecule has 1 heterocycles. The minimum absolute atomic E-state index is 0.318. The third-order valence-electron chi connectivity index (χ3n) is 3.82. The lowest BCUT2D eigenvalue weighted by atomic mass is 10.1. The number of nitrogens with one attached hydrogen (secondary N) is 1. The second-order valence-electron chi connectivity index (χ2n) is 5.51. The van der Waals surface area contributed by atoms with Gasteiger partial charge in [-0.15, -0.1) is 0 Å². The summed E-state index contributed by atoms with van der Waals surface area (Å²) in [4.78, 5) is 4.69. The van der Waals surface area contributed by atoms with E-state index >= 15 is 0 Å². The zero-order valence-corrected chi connectivity index (χ0v) is 12.5. The Morgan fingerprint density at radius 2 is 1.71 bits per heavy atom. The largest absolute Gasteiger partial charge is 0.305 e. The number of rotatable bonds is 4. The number of nitrogens with zero attached hydrogens (tertiary/aromatic N) is 1. The molecule has 0 aliphatic heterocycles. The fourth-order valence-electron chi connectivity index (χ4n) is 2.44. The zero-order chi connectivity index (χ0) is 14.7. The molecule has 0 aliphatic rings. The molecule has 106 valence electrons. The maximum atomic E-state index is 4.69. The van der Waals surface area contributed by atoms with E-state index in [0.29, 0.717) is 6.04 Å². The van der Waals surface area contributed by atoms with Crippen molar-refractivity contribution in [3.05, 3.63) is 77.5 Å². The topological polar surface area (TPSA) is 24.9 Å². The maximum absolute atomic E-state index is 4.69. The van der Waals surface area contributed by atoms with E-state index in [2.05, 4.69) is 67.7 Å². The molecule has 2 aromatic carbocycles. The van der Waals surface area contributed by atoms with E-state index in [1.807, 2.05) is 12.1 Å². The summed E-state index contributed by atoms with van der Waals surface area (Å²) in [5, 5.41) is 4.72. The number of pyridine rings is 1. The summed E-state index contributed by atoms with van der Waals surface area (Å²) in [5.41, 5.74) is 4.73. The molecule has 0 fully saturated rings. The number of para-hydroxylation sites is 1. The van der Waals surface area contributed by atoms with E-state index in [9.17, 15) is 0 Å². The molecule has 0 bridgehead atoms. The third-order valence-corrected chi connectivity index (χ3v) is 3.82. The van der Waals surface area contributed by atoms with E-state index in [1.165, 1.54) is 16.5 Å². The average Bonchev–Trinajstić information content (AvgIpc) is 2.53. The van der Waals surface area contributed by atoms with Crippen molar-refractivity contribution in [1.82, 2.24) is 10.3 Å². The first-order chi connectivity index (χ1) is 10.2. The molecule has 1 N–H and O–H groups in total. The van der Waals surface area contributed by atoms with Gasteiger partial charge in [0.05, 0.1) is 11.2 Å². The molecular formula is C19H20N2. The van der Waals surface area contributed by atoms with Crippen LogP contribution in [0.5, 0.6) is 0 Å². The first-order valence-electron chi connectivity index (χ1n) is 7.37. The number of hydrogen-bond donors (Lipinski definition) is 1. The maximum Gasteiger partial charge on any atom is 0.0705 e. The summed E-state index contributed by atoms with van der Waals surface area (Å²) in [7, 11) is 0. The molecule has 0 spiro atoms. The highest BCUT2D eigenvalue weighted by atomic mass is 14.9. The Morgan fingerprint density at radius 3 is 2.52 bits per heavy atom. The van der Waals surface area contributed by atoms with Gasteiger partial charge in [-0.25, -0.2) is 0 Å². The molecule has 1 atom stereocenters. The van der Waals surface area contributed by atoms with Crippen LogP contribution in [-0.4, -0.2) is 4.98 Å². The number of hydrogen-bond acceptors (Lipinski definition) is 2. The van der Waals surface area contributed by atoms with Crippen molar-refractivity contribution in [2.24, 2.45) is 0 Å². The van der Waals surface area contributed by atoms with Crippen LogP contribution in [0.1, 0.15) is 29.8 Å². The molecule has 0 unspecified atom stereocenters. The predicted octanol–water partition coefficient (Wildman–Crippen LogP) is 4.39. The van der Waals surface area contributed by atoms with Gasteiger partial charge < -0.3 is 5.32 Å². The summed E-state index contributed by atoms with van der Waals surface area (Å²) in [6.45, 7) is 5.08. The monoisotopic (exact) mass is 276 g/mol. The summed E-state index contributed by atoms with van der Waals surface area (Å²) < 4.78 is 0. The zero-order valence-electron chi connectivity index (χ0n) is 12.5. The Kier molecular flexibility index (Phi) is 3.98. The van der Waals surface area contributed by atoms with Gasteiger partial charge in [-0.3, -0.25) is 4.98 Å². The Labute approximate surface area is 125 Å². The number of aromatic nitrogens is 1. The molecule has 3 aromatic rings. The van der Waals surface area contributed by atoms with Crippen LogP contribution >= 0.6 is 0 Å². The van der Waals surface area contributed by atoms with Crippen molar-refractivity contribution < 1.29 is 0 Å². The second kappa shape index (κ2) is 6.06. The number of aryl methyl sites for hydroxylation is 1. The molecule has 2 nitrogen and oxygen atoms in total. The Hall–Kier alpha value is -2.19. The quantitative estimate of drug-likeness (QED) is 0.764. The van der Waals surface area contributed by atoms with Crippen LogP contribution in [0.3, 0.4) is 0 Å². The summed E-state index contributed by atoms with van der Waals surface area (Å²) >= 11 is 0. The lowest BCUT2D eigenvalue weighted by molar-refractivity contribution is 0.568. The fraction of sp³-hybridized carbons (Fsp3) is 0.211. The van der Waals surface area contributed by atoms with E-state index in [-0.39, 0.29) is 0 Å². The SMILES string of the molecule is Cc1ccc([C@H](C)NCc2ccc3ccccc3n2)cc1. The van der Waals surface area contributed by atoms with Crippen LogP contribution in [0.25, 0.3) is 10.9 Å². The van der Waals surface area contributed by atoms with Crippen molar-refractivity contribution in [3.8, 4) is 0 Å². The second-order valence-corrected chi connectivity index (χ2v) is 5.51. The minimum Gasteiger partial charge on any atom is -0.305 e. The minimum atomic E-state index is 0.318. The summed E-state index contributed by atoms with van der Waals surface area (Å²) in [5.74, 6) is 0. The lowest BCUT2D eigenvalue weighted by Gasteiger charge is -2.14. The number of benzene rings is 2. The van der Waals surface area contributed by atoms with Gasteiger partial charge in [-0.2, -0.15) is 0 Å². The Balaban J connectivity index is 1.69. The fourth-order valence-corrected chi connectivity index (χ4v) is 2.44. The van der Waals surface area contributed by atoms with Crippen LogP contribution in [0.4, 0.5) is 0 Å². The van der Waals surface area contributed by atoms with Gasteiger partial charge in [0, 0.05) is 18.0 Å². The molecule has 0 saturated heterocycles. The van der Waals surface area contributed by atoms with Crippen molar-refractivity contribution in [2.45, 2.75) is 26.4 Å². The van der Waals surface area contributed by atoms with Crippen molar-refractivity contribution in [3.63, 3.8) is 0 Å². The van der Waals surface area contributed by atoms with Crippen LogP contribution in [0.2, 0.25) is 0 Å². The average molecular weight is 276 g/mol. The van der Waals surface area contributed by atoms with E-state index in [4.69, 9.17) is 4.98 Å². The Morgan fingerprint density at radius 1 is 0.952 bits per heavy atom. The van der Waals surface area contributed by atoms with Gasteiger partial charge in [0.1, 0.15) is 0 Å². The third kappa shape index (κ3) is 3.29. The molecule has 21 heavy (non-hydrogen) atoms. The predicted molar refractivity (Wildman–Crippen MR) is 88.2 cm³/mol. The van der Waals surface area contributed by atoms with Gasteiger partial charge in [0.2, 0.25) is 0 Å². The van der Waals surface area contributed by atoms with Crippen LogP contribution in [0.15, 0.2) is 60.7 Å². The molecule has 0 aliphatic carbocycles. The first-order valence-corrected chi connectivity index (χ1v) is 7.37. The van der Waals surface area contributed by atoms with Gasteiger partial charge in [-0.1, -0.05) is 54.1 Å². The van der Waals surface area contributed by atoms with Gasteiger partial charge in [-0.05, 0) is 31.5 Å². The van der Waals surface area contributed by atoms with E-state index < -0.39 is 0 Å². The Bertz CT molecular complexity index is 732. The van der Waals surface area contributed by atoms with Gasteiger partial charge in [0.25, 0.3) is 0 Å².